The quantitative estimate of drug-likeness (QED) is 0.897. The Bertz CT molecular complexity index is 599. The highest BCUT2D eigenvalue weighted by atomic mass is 16.1. The molecule has 2 aromatic rings. The van der Waals surface area contributed by atoms with Crippen molar-refractivity contribution >= 4 is 16.8 Å². The smallest absolute Gasteiger partial charge is 0.251 e. The van der Waals surface area contributed by atoms with Crippen LogP contribution in [0.2, 0.25) is 0 Å². The first-order chi connectivity index (χ1) is 9.74. The fourth-order valence-electron chi connectivity index (χ4n) is 2.85. The molecular formula is C16H21N3O. The highest BCUT2D eigenvalue weighted by molar-refractivity contribution is 5.98. The van der Waals surface area contributed by atoms with Crippen LogP contribution in [-0.2, 0) is 0 Å². The molecule has 106 valence electrons. The van der Waals surface area contributed by atoms with Gasteiger partial charge in [0.15, 0.2) is 0 Å². The summed E-state index contributed by atoms with van der Waals surface area (Å²) >= 11 is 0. The van der Waals surface area contributed by atoms with Gasteiger partial charge in [0, 0.05) is 35.2 Å². The van der Waals surface area contributed by atoms with E-state index in [0.717, 1.165) is 29.6 Å². The molecule has 1 fully saturated rings. The number of carbonyl (C=O) groups is 1. The minimum atomic E-state index is 0.0131. The van der Waals surface area contributed by atoms with Crippen molar-refractivity contribution in [1.29, 1.82) is 0 Å². The van der Waals surface area contributed by atoms with Crippen molar-refractivity contribution in [2.75, 3.05) is 19.6 Å². The molecular weight excluding hydrogens is 250 g/mol. The normalized spacial score (nSPS) is 17.4. The number of aromatic amines is 1. The van der Waals surface area contributed by atoms with E-state index in [1.807, 2.05) is 30.5 Å². The standard InChI is InChI=1S/C16H21N3O/c1-12(19-8-2-3-9-19)11-18-16(20)14-4-5-15-13(10-14)6-7-17-15/h4-7,10,12,17H,2-3,8-9,11H2,1H3,(H,18,20). The topological polar surface area (TPSA) is 48.1 Å². The Balaban J connectivity index is 1.60. The van der Waals surface area contributed by atoms with E-state index in [1.54, 1.807) is 0 Å². The van der Waals surface area contributed by atoms with Crippen molar-refractivity contribution in [3.8, 4) is 0 Å². The highest BCUT2D eigenvalue weighted by Gasteiger charge is 2.18. The Morgan fingerprint density at radius 3 is 2.95 bits per heavy atom. The van der Waals surface area contributed by atoms with Gasteiger partial charge in [0.05, 0.1) is 0 Å². The SMILES string of the molecule is CC(CNC(=O)c1ccc2[nH]ccc2c1)N1CCCC1. The third-order valence-corrected chi connectivity index (χ3v) is 4.14. The summed E-state index contributed by atoms with van der Waals surface area (Å²) in [7, 11) is 0. The predicted octanol–water partition coefficient (Wildman–Crippen LogP) is 2.38. The molecule has 1 unspecified atom stereocenters. The molecule has 1 atom stereocenters. The molecule has 2 N–H and O–H groups in total. The molecule has 1 aliphatic rings. The molecule has 1 aliphatic heterocycles. The zero-order chi connectivity index (χ0) is 13.9. The molecule has 0 saturated carbocycles. The number of nitrogens with one attached hydrogen (secondary N) is 2. The zero-order valence-corrected chi connectivity index (χ0v) is 11.9. The minimum absolute atomic E-state index is 0.0131. The van der Waals surface area contributed by atoms with Crippen LogP contribution in [0.15, 0.2) is 30.5 Å². The van der Waals surface area contributed by atoms with E-state index >= 15 is 0 Å². The average Bonchev–Trinajstić information content (AvgIpc) is 3.13. The second-order valence-electron chi connectivity index (χ2n) is 5.58. The fourth-order valence-corrected chi connectivity index (χ4v) is 2.85. The van der Waals surface area contributed by atoms with Gasteiger partial charge in [-0.15, -0.1) is 0 Å². The van der Waals surface area contributed by atoms with E-state index in [0.29, 0.717) is 12.6 Å². The van der Waals surface area contributed by atoms with Gasteiger partial charge in [-0.1, -0.05) is 0 Å². The van der Waals surface area contributed by atoms with Gasteiger partial charge in [0.1, 0.15) is 0 Å². The van der Waals surface area contributed by atoms with Gasteiger partial charge in [0.25, 0.3) is 5.91 Å². The Hall–Kier alpha value is -1.81. The molecule has 4 heteroatoms. The van der Waals surface area contributed by atoms with Crippen LogP contribution < -0.4 is 5.32 Å². The summed E-state index contributed by atoms with van der Waals surface area (Å²) in [5.41, 5.74) is 1.79. The molecule has 3 rings (SSSR count). The minimum Gasteiger partial charge on any atom is -0.361 e. The van der Waals surface area contributed by atoms with Crippen molar-refractivity contribution in [2.45, 2.75) is 25.8 Å². The van der Waals surface area contributed by atoms with Gasteiger partial charge in [-0.05, 0) is 57.1 Å². The van der Waals surface area contributed by atoms with Gasteiger partial charge in [-0.3, -0.25) is 9.69 Å². The summed E-state index contributed by atoms with van der Waals surface area (Å²) in [6.45, 7) is 5.21. The summed E-state index contributed by atoms with van der Waals surface area (Å²) in [5.74, 6) is 0.0131. The van der Waals surface area contributed by atoms with Crippen molar-refractivity contribution < 1.29 is 4.79 Å². The molecule has 0 aliphatic carbocycles. The molecule has 1 saturated heterocycles. The van der Waals surface area contributed by atoms with Crippen LogP contribution in [0.1, 0.15) is 30.1 Å². The number of fused-ring (bicyclic) bond motifs is 1. The molecule has 0 radical (unpaired) electrons. The monoisotopic (exact) mass is 271 g/mol. The van der Waals surface area contributed by atoms with Crippen molar-refractivity contribution in [3.63, 3.8) is 0 Å². The number of aromatic nitrogens is 1. The molecule has 20 heavy (non-hydrogen) atoms. The molecule has 0 spiro atoms. The molecule has 4 nitrogen and oxygen atoms in total. The number of nitrogens with zero attached hydrogens (tertiary/aromatic N) is 1. The van der Waals surface area contributed by atoms with Crippen LogP contribution in [0.25, 0.3) is 10.9 Å². The summed E-state index contributed by atoms with van der Waals surface area (Å²) in [4.78, 5) is 17.8. The molecule has 1 aromatic carbocycles. The van der Waals surface area contributed by atoms with Crippen LogP contribution in [0.5, 0.6) is 0 Å². The van der Waals surface area contributed by atoms with Gasteiger partial charge in [0.2, 0.25) is 0 Å². The Kier molecular flexibility index (Phi) is 3.74. The van der Waals surface area contributed by atoms with E-state index in [-0.39, 0.29) is 5.91 Å². The van der Waals surface area contributed by atoms with E-state index in [4.69, 9.17) is 0 Å². The van der Waals surface area contributed by atoms with Gasteiger partial charge >= 0.3 is 0 Å². The predicted molar refractivity (Wildman–Crippen MR) is 80.9 cm³/mol. The van der Waals surface area contributed by atoms with Crippen LogP contribution in [0.3, 0.4) is 0 Å². The Labute approximate surface area is 119 Å². The number of carbonyl (C=O) groups excluding carboxylic acids is 1. The number of amides is 1. The van der Waals surface area contributed by atoms with Crippen molar-refractivity contribution in [3.05, 3.63) is 36.0 Å². The molecule has 0 bridgehead atoms. The first kappa shape index (κ1) is 13.2. The van der Waals surface area contributed by atoms with Crippen LogP contribution in [0, 0.1) is 0 Å². The maximum atomic E-state index is 12.2. The number of H-pyrrole nitrogens is 1. The third kappa shape index (κ3) is 2.70. The van der Waals surface area contributed by atoms with Crippen LogP contribution in [-0.4, -0.2) is 41.5 Å². The lowest BCUT2D eigenvalue weighted by atomic mass is 10.1. The summed E-state index contributed by atoms with van der Waals surface area (Å²) < 4.78 is 0. The maximum Gasteiger partial charge on any atom is 0.251 e. The summed E-state index contributed by atoms with van der Waals surface area (Å²) in [6, 6.07) is 8.15. The van der Waals surface area contributed by atoms with Crippen molar-refractivity contribution in [1.82, 2.24) is 15.2 Å². The van der Waals surface area contributed by atoms with E-state index in [1.165, 1.54) is 12.8 Å². The number of hydrogen-bond donors (Lipinski definition) is 2. The van der Waals surface area contributed by atoms with Crippen molar-refractivity contribution in [2.24, 2.45) is 0 Å². The highest BCUT2D eigenvalue weighted by Crippen LogP contribution is 2.14. The average molecular weight is 271 g/mol. The number of likely N-dealkylation sites (tertiary alicyclic amines) is 1. The lowest BCUT2D eigenvalue weighted by Crippen LogP contribution is -2.40. The zero-order valence-electron chi connectivity index (χ0n) is 11.9. The van der Waals surface area contributed by atoms with Crippen LogP contribution >= 0.6 is 0 Å². The van der Waals surface area contributed by atoms with Gasteiger partial charge in [-0.2, -0.15) is 0 Å². The summed E-state index contributed by atoms with van der Waals surface area (Å²) in [6.07, 6.45) is 4.45. The second-order valence-corrected chi connectivity index (χ2v) is 5.58. The molecule has 1 aromatic heterocycles. The third-order valence-electron chi connectivity index (χ3n) is 4.14. The molecule has 2 heterocycles. The first-order valence-corrected chi connectivity index (χ1v) is 7.33. The van der Waals surface area contributed by atoms with E-state index in [2.05, 4.69) is 22.1 Å². The number of hydrogen-bond acceptors (Lipinski definition) is 2. The fraction of sp³-hybridized carbons (Fsp3) is 0.438. The Morgan fingerprint density at radius 2 is 2.15 bits per heavy atom. The Morgan fingerprint density at radius 1 is 1.35 bits per heavy atom. The van der Waals surface area contributed by atoms with E-state index < -0.39 is 0 Å². The van der Waals surface area contributed by atoms with Gasteiger partial charge < -0.3 is 10.3 Å². The first-order valence-electron chi connectivity index (χ1n) is 7.33. The number of benzene rings is 1. The van der Waals surface area contributed by atoms with Gasteiger partial charge in [-0.25, -0.2) is 0 Å². The lowest BCUT2D eigenvalue weighted by Gasteiger charge is -2.23. The maximum absolute atomic E-state index is 12.2. The second kappa shape index (κ2) is 5.67. The van der Waals surface area contributed by atoms with Crippen LogP contribution in [0.4, 0.5) is 0 Å². The largest absolute Gasteiger partial charge is 0.361 e. The lowest BCUT2D eigenvalue weighted by molar-refractivity contribution is 0.0940. The molecule has 1 amide bonds. The number of rotatable bonds is 4. The summed E-state index contributed by atoms with van der Waals surface area (Å²) in [5, 5.41) is 4.12. The van der Waals surface area contributed by atoms with E-state index in [9.17, 15) is 4.79 Å².